The Labute approximate surface area is 195 Å². The van der Waals surface area contributed by atoms with Gasteiger partial charge in [-0.05, 0) is 41.5 Å². The van der Waals surface area contributed by atoms with E-state index >= 15 is 0 Å². The van der Waals surface area contributed by atoms with Crippen LogP contribution in [-0.4, -0.2) is 25.9 Å². The molecule has 0 aromatic heterocycles. The molecule has 0 fully saturated rings. The van der Waals surface area contributed by atoms with Crippen LogP contribution >= 0.6 is 0 Å². The zero-order valence-corrected chi connectivity index (χ0v) is 19.7. The van der Waals surface area contributed by atoms with E-state index in [0.29, 0.717) is 0 Å². The minimum absolute atomic E-state index is 0. The van der Waals surface area contributed by atoms with Crippen molar-refractivity contribution in [3.05, 3.63) is 47.5 Å². The monoisotopic (exact) mass is 414 g/mol. The van der Waals surface area contributed by atoms with Gasteiger partial charge in [0, 0.05) is 11.4 Å². The van der Waals surface area contributed by atoms with E-state index < -0.39 is 30.0 Å². The van der Waals surface area contributed by atoms with E-state index in [4.69, 9.17) is 11.5 Å². The summed E-state index contributed by atoms with van der Waals surface area (Å²) in [5.74, 6) is 0. The van der Waals surface area contributed by atoms with Gasteiger partial charge in [0.05, 0.1) is 9.79 Å². The summed E-state index contributed by atoms with van der Waals surface area (Å²) in [7, 11) is -9.45. The predicted octanol–water partition coefficient (Wildman–Crippen LogP) is -5.16. The van der Waals surface area contributed by atoms with E-state index in [0.717, 1.165) is 18.2 Å². The zero-order chi connectivity index (χ0) is 18.1. The van der Waals surface area contributed by atoms with Gasteiger partial charge in [0.2, 0.25) is 0 Å². The number of benzene rings is 2. The molecule has 0 unspecified atom stereocenters. The van der Waals surface area contributed by atoms with E-state index in [-0.39, 0.29) is 81.6 Å². The third-order valence-corrected chi connectivity index (χ3v) is 4.71. The summed E-state index contributed by atoms with van der Waals surface area (Å²) >= 11 is 0. The molecule has 0 radical (unpaired) electrons. The van der Waals surface area contributed by atoms with Gasteiger partial charge in [-0.2, -0.15) is 0 Å². The average Bonchev–Trinajstić information content (AvgIpc) is 2.43. The minimum Gasteiger partial charge on any atom is -0.744 e. The van der Waals surface area contributed by atoms with Gasteiger partial charge in [-0.25, -0.2) is 16.8 Å². The van der Waals surface area contributed by atoms with Gasteiger partial charge in [0.15, 0.2) is 0 Å². The molecule has 128 valence electrons. The van der Waals surface area contributed by atoms with Crippen molar-refractivity contribution in [2.45, 2.75) is 9.79 Å². The summed E-state index contributed by atoms with van der Waals surface area (Å²) in [4.78, 5) is -1.03. The molecule has 0 saturated heterocycles. The first-order valence-electron chi connectivity index (χ1n) is 6.37. The first-order valence-corrected chi connectivity index (χ1v) is 9.18. The van der Waals surface area contributed by atoms with Crippen molar-refractivity contribution in [2.75, 3.05) is 11.5 Å². The number of nitrogen functional groups attached to an aromatic ring is 2. The van der Waals surface area contributed by atoms with Crippen LogP contribution in [0.1, 0.15) is 11.1 Å². The molecule has 12 heteroatoms. The molecule has 4 N–H and O–H groups in total. The second-order valence-corrected chi connectivity index (χ2v) is 7.60. The van der Waals surface area contributed by atoms with Crippen LogP contribution in [-0.2, 0) is 20.2 Å². The van der Waals surface area contributed by atoms with Crippen LogP contribution in [0.25, 0.3) is 12.2 Å². The molecule has 0 amide bonds. The summed E-state index contributed by atoms with van der Waals surface area (Å²) < 4.78 is 67.0. The Balaban J connectivity index is 0.00000312. The molecule has 2 rings (SSSR count). The molecular formula is C14H12N2Na2O6S2. The van der Waals surface area contributed by atoms with Crippen LogP contribution in [0.2, 0.25) is 0 Å². The summed E-state index contributed by atoms with van der Waals surface area (Å²) in [5, 5.41) is 0. The summed E-state index contributed by atoms with van der Waals surface area (Å²) in [5.41, 5.74) is 11.5. The van der Waals surface area contributed by atoms with E-state index in [1.54, 1.807) is 0 Å². The van der Waals surface area contributed by atoms with Crippen molar-refractivity contribution in [1.82, 2.24) is 0 Å². The number of rotatable bonds is 4. The molecule has 0 aliphatic heterocycles. The van der Waals surface area contributed by atoms with E-state index in [2.05, 4.69) is 0 Å². The van der Waals surface area contributed by atoms with Gasteiger partial charge >= 0.3 is 59.1 Å². The van der Waals surface area contributed by atoms with Crippen LogP contribution in [0.5, 0.6) is 0 Å². The Morgan fingerprint density at radius 2 is 1.38 bits per heavy atom. The number of hydrogen-bond acceptors (Lipinski definition) is 8. The van der Waals surface area contributed by atoms with Crippen molar-refractivity contribution in [3.63, 3.8) is 0 Å². The van der Waals surface area contributed by atoms with E-state index in [9.17, 15) is 25.9 Å². The van der Waals surface area contributed by atoms with E-state index in [1.165, 1.54) is 30.4 Å². The second-order valence-electron chi connectivity index (χ2n) is 4.87. The van der Waals surface area contributed by atoms with Crippen LogP contribution in [0, 0.1) is 0 Å². The minimum atomic E-state index is -4.75. The first-order chi connectivity index (χ1) is 11.0. The molecule has 26 heavy (non-hydrogen) atoms. The van der Waals surface area contributed by atoms with Crippen molar-refractivity contribution in [3.8, 4) is 0 Å². The summed E-state index contributed by atoms with van der Waals surface area (Å²) in [6, 6.07) is 7.23. The topological polar surface area (TPSA) is 166 Å². The first kappa shape index (κ1) is 25.6. The van der Waals surface area contributed by atoms with Gasteiger partial charge in [-0.15, -0.1) is 0 Å². The van der Waals surface area contributed by atoms with Crippen molar-refractivity contribution in [1.29, 1.82) is 0 Å². The maximum absolute atomic E-state index is 11.3. The molecule has 0 spiro atoms. The van der Waals surface area contributed by atoms with Crippen LogP contribution in [0.4, 0.5) is 11.4 Å². The fourth-order valence-electron chi connectivity index (χ4n) is 1.98. The Bertz CT molecular complexity index is 1040. The van der Waals surface area contributed by atoms with Crippen LogP contribution in [0.15, 0.2) is 46.2 Å². The SMILES string of the molecule is Nc1cc(/C=C/c2ccc(N)cc2S(=O)(=O)[O-])cc(S(=O)(=O)[O-])c1.[Na+].[Na+]. The molecule has 0 aliphatic carbocycles. The van der Waals surface area contributed by atoms with E-state index in [1.807, 2.05) is 0 Å². The molecule has 0 bridgehead atoms. The quantitative estimate of drug-likeness (QED) is 0.217. The van der Waals surface area contributed by atoms with Gasteiger partial charge in [-0.1, -0.05) is 18.2 Å². The second kappa shape index (κ2) is 9.69. The van der Waals surface area contributed by atoms with Crippen LogP contribution in [0.3, 0.4) is 0 Å². The Hall–Kier alpha value is -0.400. The van der Waals surface area contributed by atoms with Gasteiger partial charge in [-0.3, -0.25) is 0 Å². The third-order valence-electron chi connectivity index (χ3n) is 3.00. The van der Waals surface area contributed by atoms with Crippen molar-refractivity contribution in [2.24, 2.45) is 0 Å². The van der Waals surface area contributed by atoms with Gasteiger partial charge in [0.1, 0.15) is 20.2 Å². The molecule has 2 aromatic carbocycles. The summed E-state index contributed by atoms with van der Waals surface area (Å²) in [6.45, 7) is 0. The maximum Gasteiger partial charge on any atom is 1.00 e. The molecule has 2 aromatic rings. The molecule has 0 atom stereocenters. The Morgan fingerprint density at radius 1 is 0.769 bits per heavy atom. The smallest absolute Gasteiger partial charge is 0.744 e. The Kier molecular flexibility index (Phi) is 9.54. The fraction of sp³-hybridized carbons (Fsp3) is 0. The normalized spacial score (nSPS) is 11.6. The predicted molar refractivity (Wildman–Crippen MR) is 86.6 cm³/mol. The largest absolute Gasteiger partial charge is 1.00 e. The maximum atomic E-state index is 11.3. The fourth-order valence-corrected chi connectivity index (χ4v) is 3.24. The average molecular weight is 414 g/mol. The van der Waals surface area contributed by atoms with Gasteiger partial charge < -0.3 is 20.6 Å². The standard InChI is InChI=1S/C14H14N2O6S2.2Na/c15-11-4-3-10(14(8-11)24(20,21)22)2-1-9-5-12(16)7-13(6-9)23(17,18)19;;/h1-8H,15-16H2,(H,17,18,19)(H,20,21,22);;/q;2*+1/p-2/b2-1+;;. The molecule has 0 saturated carbocycles. The van der Waals surface area contributed by atoms with Crippen molar-refractivity contribution >= 4 is 43.8 Å². The number of hydrogen-bond donors (Lipinski definition) is 2. The third kappa shape index (κ3) is 6.97. The molecule has 0 aliphatic rings. The summed E-state index contributed by atoms with van der Waals surface area (Å²) in [6.07, 6.45) is 2.60. The van der Waals surface area contributed by atoms with Crippen molar-refractivity contribution < 1.29 is 85.1 Å². The number of anilines is 2. The molecule has 8 nitrogen and oxygen atoms in total. The number of nitrogens with two attached hydrogens (primary N) is 2. The molecule has 0 heterocycles. The van der Waals surface area contributed by atoms with Gasteiger partial charge in [0.25, 0.3) is 0 Å². The Morgan fingerprint density at radius 3 is 1.92 bits per heavy atom. The molecular weight excluding hydrogens is 402 g/mol. The zero-order valence-electron chi connectivity index (χ0n) is 14.0. The van der Waals surface area contributed by atoms with Crippen LogP contribution < -0.4 is 70.6 Å².